The zero-order chi connectivity index (χ0) is 33.1. The van der Waals surface area contributed by atoms with Crippen LogP contribution in [0.5, 0.6) is 11.5 Å². The SMILES string of the molecule is COc1ccc(N(C(=O)Nc2ccc(F)cc2)[C@@H](C)c2nc3ccccc3c(=O)n2N2CCN(C(=O)[C@@H]3CCCN3)CC2)c(OC)c1. The Morgan fingerprint density at radius 3 is 2.45 bits per heavy atom. The van der Waals surface area contributed by atoms with E-state index in [1.165, 1.54) is 48.1 Å². The molecule has 0 unspecified atom stereocenters. The van der Waals surface area contributed by atoms with Crippen molar-refractivity contribution in [3.63, 3.8) is 0 Å². The summed E-state index contributed by atoms with van der Waals surface area (Å²) >= 11 is 0. The molecule has 13 heteroatoms. The highest BCUT2D eigenvalue weighted by Crippen LogP contribution is 2.37. The second-order valence-corrected chi connectivity index (χ2v) is 11.6. The minimum absolute atomic E-state index is 0.0787. The predicted molar refractivity (Wildman–Crippen MR) is 177 cm³/mol. The van der Waals surface area contributed by atoms with Crippen molar-refractivity contribution >= 4 is 34.2 Å². The lowest BCUT2D eigenvalue weighted by Gasteiger charge is -2.39. The number of carbonyl (C=O) groups excluding carboxylic acids is 2. The summed E-state index contributed by atoms with van der Waals surface area (Å²) in [5.41, 5.74) is 0.976. The number of fused-ring (bicyclic) bond motifs is 1. The van der Waals surface area contributed by atoms with E-state index in [9.17, 15) is 18.8 Å². The second-order valence-electron chi connectivity index (χ2n) is 11.6. The molecule has 3 aromatic carbocycles. The third-order valence-corrected chi connectivity index (χ3v) is 8.71. The molecule has 2 aliphatic heterocycles. The molecule has 3 heterocycles. The van der Waals surface area contributed by atoms with Gasteiger partial charge in [0, 0.05) is 24.8 Å². The first-order chi connectivity index (χ1) is 22.8. The first kappa shape index (κ1) is 31.8. The van der Waals surface area contributed by atoms with Crippen LogP contribution >= 0.6 is 0 Å². The number of carbonyl (C=O) groups is 2. The zero-order valence-electron chi connectivity index (χ0n) is 26.6. The molecule has 246 valence electrons. The molecule has 2 fully saturated rings. The number of hydrogen-bond donors (Lipinski definition) is 2. The lowest BCUT2D eigenvalue weighted by Crippen LogP contribution is -2.58. The predicted octanol–water partition coefficient (Wildman–Crippen LogP) is 3.88. The van der Waals surface area contributed by atoms with Gasteiger partial charge in [0.25, 0.3) is 5.56 Å². The van der Waals surface area contributed by atoms with Crippen LogP contribution in [-0.4, -0.2) is 79.5 Å². The first-order valence-corrected chi connectivity index (χ1v) is 15.7. The van der Waals surface area contributed by atoms with Gasteiger partial charge in [0.15, 0.2) is 5.82 Å². The summed E-state index contributed by atoms with van der Waals surface area (Å²) in [6, 6.07) is 16.1. The number of halogens is 1. The van der Waals surface area contributed by atoms with Gasteiger partial charge in [-0.05, 0) is 74.8 Å². The van der Waals surface area contributed by atoms with Gasteiger partial charge in [0.1, 0.15) is 17.3 Å². The lowest BCUT2D eigenvalue weighted by atomic mass is 10.1. The summed E-state index contributed by atoms with van der Waals surface area (Å²) in [6.45, 7) is 4.28. The molecule has 0 radical (unpaired) electrons. The molecule has 2 N–H and O–H groups in total. The molecule has 12 nitrogen and oxygen atoms in total. The Labute approximate surface area is 271 Å². The van der Waals surface area contributed by atoms with E-state index in [4.69, 9.17) is 14.5 Å². The van der Waals surface area contributed by atoms with Gasteiger partial charge in [0.05, 0.1) is 56.0 Å². The molecule has 47 heavy (non-hydrogen) atoms. The minimum atomic E-state index is -0.822. The highest BCUT2D eigenvalue weighted by molar-refractivity contribution is 6.03. The molecule has 3 amide bonds. The van der Waals surface area contributed by atoms with Crippen LogP contribution in [0, 0.1) is 5.82 Å². The highest BCUT2D eigenvalue weighted by atomic mass is 19.1. The standard InChI is InChI=1S/C34H38FN7O5/c1-22(41(29-15-14-25(46-2)21-30(29)47-3)34(45)37-24-12-10-23(35)11-13-24)31-38-27-8-5-4-7-26(27)32(43)42(31)40-19-17-39(18-20-40)33(44)28-9-6-16-36-28/h4-5,7-8,10-15,21-22,28,36H,6,9,16-20H2,1-3H3,(H,37,45)/t22-,28-/m0/s1. The Bertz CT molecular complexity index is 1820. The summed E-state index contributed by atoms with van der Waals surface area (Å²) in [6.07, 6.45) is 1.79. The Morgan fingerprint density at radius 2 is 1.77 bits per heavy atom. The molecule has 0 spiro atoms. The highest BCUT2D eigenvalue weighted by Gasteiger charge is 2.34. The topological polar surface area (TPSA) is 121 Å². The van der Waals surface area contributed by atoms with Crippen molar-refractivity contribution in [2.75, 3.05) is 62.2 Å². The van der Waals surface area contributed by atoms with Crippen molar-refractivity contribution < 1.29 is 23.5 Å². The van der Waals surface area contributed by atoms with Gasteiger partial charge in [0.2, 0.25) is 5.91 Å². The van der Waals surface area contributed by atoms with Crippen LogP contribution in [0.4, 0.5) is 20.6 Å². The Hall–Kier alpha value is -5.17. The number of aromatic nitrogens is 2. The lowest BCUT2D eigenvalue weighted by molar-refractivity contribution is -0.133. The molecule has 0 aliphatic carbocycles. The number of nitrogens with one attached hydrogen (secondary N) is 2. The number of benzene rings is 3. The molecule has 2 atom stereocenters. The van der Waals surface area contributed by atoms with Crippen molar-refractivity contribution in [3.8, 4) is 11.5 Å². The van der Waals surface area contributed by atoms with E-state index in [0.29, 0.717) is 65.8 Å². The van der Waals surface area contributed by atoms with Crippen LogP contribution in [0.25, 0.3) is 10.9 Å². The average Bonchev–Trinajstić information content (AvgIpc) is 3.64. The van der Waals surface area contributed by atoms with Crippen molar-refractivity contribution in [2.45, 2.75) is 31.8 Å². The van der Waals surface area contributed by atoms with Gasteiger partial charge >= 0.3 is 6.03 Å². The summed E-state index contributed by atoms with van der Waals surface area (Å²) in [5.74, 6) is 0.842. The van der Waals surface area contributed by atoms with Gasteiger partial charge < -0.3 is 30.0 Å². The fraction of sp³-hybridized carbons (Fsp3) is 0.353. The summed E-state index contributed by atoms with van der Waals surface area (Å²) in [7, 11) is 3.02. The molecule has 0 saturated carbocycles. The van der Waals surface area contributed by atoms with Crippen LogP contribution in [0.1, 0.15) is 31.6 Å². The number of rotatable bonds is 8. The Kier molecular flexibility index (Phi) is 9.25. The average molecular weight is 644 g/mol. The van der Waals surface area contributed by atoms with Gasteiger partial charge in [-0.3, -0.25) is 14.5 Å². The van der Waals surface area contributed by atoms with Gasteiger partial charge in [-0.1, -0.05) is 12.1 Å². The molecule has 2 saturated heterocycles. The summed E-state index contributed by atoms with van der Waals surface area (Å²) < 4.78 is 26.3. The van der Waals surface area contributed by atoms with Crippen LogP contribution in [0.2, 0.25) is 0 Å². The first-order valence-electron chi connectivity index (χ1n) is 15.7. The van der Waals surface area contributed by atoms with Gasteiger partial charge in [-0.25, -0.2) is 18.8 Å². The second kappa shape index (κ2) is 13.7. The third kappa shape index (κ3) is 6.43. The van der Waals surface area contributed by atoms with Crippen molar-refractivity contribution in [1.82, 2.24) is 19.9 Å². The van der Waals surface area contributed by atoms with E-state index in [0.717, 1.165) is 19.4 Å². The number of amides is 3. The number of ether oxygens (including phenoxy) is 2. The molecular formula is C34H38FN7O5. The Morgan fingerprint density at radius 1 is 1.02 bits per heavy atom. The summed E-state index contributed by atoms with van der Waals surface area (Å²) in [5, 5.41) is 8.45. The number of anilines is 2. The van der Waals surface area contributed by atoms with Crippen LogP contribution in [-0.2, 0) is 4.79 Å². The fourth-order valence-electron chi connectivity index (χ4n) is 6.23. The third-order valence-electron chi connectivity index (χ3n) is 8.71. The number of hydrogen-bond acceptors (Lipinski definition) is 8. The van der Waals surface area contributed by atoms with E-state index < -0.39 is 17.9 Å². The number of para-hydroxylation sites is 1. The zero-order valence-corrected chi connectivity index (χ0v) is 26.6. The minimum Gasteiger partial charge on any atom is -0.497 e. The molecule has 2 aliphatic rings. The van der Waals surface area contributed by atoms with Gasteiger partial charge in [-0.15, -0.1) is 0 Å². The maximum absolute atomic E-state index is 14.2. The largest absolute Gasteiger partial charge is 0.497 e. The van der Waals surface area contributed by atoms with E-state index in [1.54, 1.807) is 49.4 Å². The molecule has 6 rings (SSSR count). The van der Waals surface area contributed by atoms with Crippen LogP contribution < -0.4 is 35.6 Å². The number of urea groups is 1. The van der Waals surface area contributed by atoms with E-state index in [2.05, 4.69) is 10.6 Å². The van der Waals surface area contributed by atoms with Crippen molar-refractivity contribution in [1.29, 1.82) is 0 Å². The quantitative estimate of drug-likeness (QED) is 0.297. The maximum Gasteiger partial charge on any atom is 0.327 e. The monoisotopic (exact) mass is 643 g/mol. The number of piperazine rings is 1. The van der Waals surface area contributed by atoms with E-state index >= 15 is 0 Å². The maximum atomic E-state index is 14.2. The van der Waals surface area contributed by atoms with Crippen LogP contribution in [0.3, 0.4) is 0 Å². The molecule has 4 aromatic rings. The van der Waals surface area contributed by atoms with Gasteiger partial charge in [-0.2, -0.15) is 0 Å². The number of nitrogens with zero attached hydrogens (tertiary/aromatic N) is 5. The normalized spacial score (nSPS) is 17.0. The molecular weight excluding hydrogens is 605 g/mol. The fourth-order valence-corrected chi connectivity index (χ4v) is 6.23. The number of methoxy groups -OCH3 is 2. The van der Waals surface area contributed by atoms with Crippen molar-refractivity contribution in [3.05, 3.63) is 88.7 Å². The van der Waals surface area contributed by atoms with Crippen LogP contribution in [0.15, 0.2) is 71.5 Å². The summed E-state index contributed by atoms with van der Waals surface area (Å²) in [4.78, 5) is 49.8. The van der Waals surface area contributed by atoms with E-state index in [1.807, 2.05) is 9.91 Å². The molecule has 0 bridgehead atoms. The van der Waals surface area contributed by atoms with E-state index in [-0.39, 0.29) is 17.5 Å². The van der Waals surface area contributed by atoms with Crippen molar-refractivity contribution in [2.24, 2.45) is 0 Å². The molecule has 1 aromatic heterocycles. The Balaban J connectivity index is 1.42. The smallest absolute Gasteiger partial charge is 0.327 e.